The number of nitrogens with zero attached hydrogens (tertiary/aromatic N) is 1. The Kier molecular flexibility index (Phi) is 5.90. The van der Waals surface area contributed by atoms with Crippen LogP contribution in [0.1, 0.15) is 17.9 Å². The summed E-state index contributed by atoms with van der Waals surface area (Å²) >= 11 is 0. The molecule has 0 unspecified atom stereocenters. The lowest BCUT2D eigenvalue weighted by atomic mass is 10.1. The van der Waals surface area contributed by atoms with Gasteiger partial charge in [-0.05, 0) is 43.7 Å². The van der Waals surface area contributed by atoms with Crippen molar-refractivity contribution >= 4 is 0 Å². The van der Waals surface area contributed by atoms with E-state index in [0.717, 1.165) is 37.1 Å². The minimum absolute atomic E-state index is 0.238. The maximum absolute atomic E-state index is 13.1. The van der Waals surface area contributed by atoms with Crippen molar-refractivity contribution in [2.45, 2.75) is 19.8 Å². The molecular formula is C16H21FN2O2. The molecule has 1 N–H and O–H groups in total. The van der Waals surface area contributed by atoms with Gasteiger partial charge in [0, 0.05) is 25.6 Å². The highest BCUT2D eigenvalue weighted by Crippen LogP contribution is 2.25. The number of ether oxygens (including phenoxy) is 1. The number of aromatic nitrogens is 1. The Labute approximate surface area is 124 Å². The Morgan fingerprint density at radius 2 is 2.19 bits per heavy atom. The summed E-state index contributed by atoms with van der Waals surface area (Å²) < 4.78 is 23.8. The third-order valence-electron chi connectivity index (χ3n) is 3.23. The first-order valence-electron chi connectivity index (χ1n) is 7.11. The van der Waals surface area contributed by atoms with Gasteiger partial charge in [0.25, 0.3) is 0 Å². The van der Waals surface area contributed by atoms with E-state index in [1.165, 1.54) is 12.1 Å². The Bertz CT molecular complexity index is 569. The van der Waals surface area contributed by atoms with Crippen LogP contribution in [0.3, 0.4) is 0 Å². The summed E-state index contributed by atoms with van der Waals surface area (Å²) in [5.74, 6) is 1.16. The second-order valence-electron chi connectivity index (χ2n) is 4.92. The summed E-state index contributed by atoms with van der Waals surface area (Å²) in [6, 6.07) is 4.66. The van der Waals surface area contributed by atoms with E-state index in [2.05, 4.69) is 10.3 Å². The van der Waals surface area contributed by atoms with Crippen molar-refractivity contribution in [1.29, 1.82) is 0 Å². The van der Waals surface area contributed by atoms with Gasteiger partial charge in [-0.1, -0.05) is 0 Å². The van der Waals surface area contributed by atoms with Crippen molar-refractivity contribution in [3.8, 4) is 11.3 Å². The van der Waals surface area contributed by atoms with Crippen LogP contribution >= 0.6 is 0 Å². The zero-order chi connectivity index (χ0) is 15.1. The maximum atomic E-state index is 13.1. The lowest BCUT2D eigenvalue weighted by Gasteiger charge is -2.03. The first-order valence-corrected chi connectivity index (χ1v) is 7.11. The van der Waals surface area contributed by atoms with Crippen molar-refractivity contribution in [1.82, 2.24) is 10.3 Å². The van der Waals surface area contributed by atoms with Crippen LogP contribution in [0.5, 0.6) is 0 Å². The largest absolute Gasteiger partial charge is 0.441 e. The summed E-state index contributed by atoms with van der Waals surface area (Å²) in [6.07, 6.45) is 3.43. The molecule has 0 saturated heterocycles. The molecule has 0 amide bonds. The highest BCUT2D eigenvalue weighted by atomic mass is 19.1. The standard InChI is InChI=1S/C16H21FN2O2/c1-12-10-13(17)5-6-14(12)15-11-19-16(21-15)4-3-7-18-8-9-20-2/h5-6,10-11,18H,3-4,7-9H2,1-2H3. The molecule has 21 heavy (non-hydrogen) atoms. The van der Waals surface area contributed by atoms with Crippen LogP contribution in [0, 0.1) is 12.7 Å². The topological polar surface area (TPSA) is 47.3 Å². The summed E-state index contributed by atoms with van der Waals surface area (Å²) in [6.45, 7) is 4.33. The molecule has 114 valence electrons. The van der Waals surface area contributed by atoms with E-state index in [-0.39, 0.29) is 5.82 Å². The predicted octanol–water partition coefficient (Wildman–Crippen LogP) is 2.96. The van der Waals surface area contributed by atoms with Crippen molar-refractivity contribution in [2.24, 2.45) is 0 Å². The van der Waals surface area contributed by atoms with Gasteiger partial charge in [-0.25, -0.2) is 9.37 Å². The molecule has 2 rings (SSSR count). The number of nitrogens with one attached hydrogen (secondary N) is 1. The first-order chi connectivity index (χ1) is 10.2. The van der Waals surface area contributed by atoms with Crippen molar-refractivity contribution in [2.75, 3.05) is 26.8 Å². The number of methoxy groups -OCH3 is 1. The summed E-state index contributed by atoms with van der Waals surface area (Å²) in [5, 5.41) is 3.27. The van der Waals surface area contributed by atoms with Gasteiger partial charge in [0.1, 0.15) is 5.82 Å². The zero-order valence-electron chi connectivity index (χ0n) is 12.5. The second-order valence-corrected chi connectivity index (χ2v) is 4.92. The Morgan fingerprint density at radius 3 is 2.95 bits per heavy atom. The SMILES string of the molecule is COCCNCCCc1ncc(-c2ccc(F)cc2C)o1. The monoisotopic (exact) mass is 292 g/mol. The van der Waals surface area contributed by atoms with Crippen LogP contribution in [0.4, 0.5) is 4.39 Å². The number of halogens is 1. The summed E-state index contributed by atoms with van der Waals surface area (Å²) in [7, 11) is 1.69. The minimum atomic E-state index is -0.238. The Morgan fingerprint density at radius 1 is 1.33 bits per heavy atom. The highest BCUT2D eigenvalue weighted by molar-refractivity contribution is 5.60. The lowest BCUT2D eigenvalue weighted by Crippen LogP contribution is -2.20. The smallest absolute Gasteiger partial charge is 0.194 e. The van der Waals surface area contributed by atoms with Crippen LogP contribution in [0.15, 0.2) is 28.8 Å². The number of rotatable bonds is 8. The average Bonchev–Trinajstić information content (AvgIpc) is 2.91. The van der Waals surface area contributed by atoms with Gasteiger partial charge in [-0.15, -0.1) is 0 Å². The molecule has 0 atom stereocenters. The molecule has 0 spiro atoms. The van der Waals surface area contributed by atoms with E-state index in [1.54, 1.807) is 19.4 Å². The molecule has 0 radical (unpaired) electrons. The zero-order valence-corrected chi connectivity index (χ0v) is 12.5. The van der Waals surface area contributed by atoms with Crippen LogP contribution in [-0.2, 0) is 11.2 Å². The van der Waals surface area contributed by atoms with Gasteiger partial charge in [-0.2, -0.15) is 0 Å². The molecule has 1 heterocycles. The summed E-state index contributed by atoms with van der Waals surface area (Å²) in [4.78, 5) is 4.28. The third-order valence-corrected chi connectivity index (χ3v) is 3.23. The fourth-order valence-electron chi connectivity index (χ4n) is 2.12. The lowest BCUT2D eigenvalue weighted by molar-refractivity contribution is 0.199. The van der Waals surface area contributed by atoms with Gasteiger partial charge in [0.2, 0.25) is 0 Å². The molecule has 0 bridgehead atoms. The molecule has 1 aromatic carbocycles. The van der Waals surface area contributed by atoms with Gasteiger partial charge in [-0.3, -0.25) is 0 Å². The quantitative estimate of drug-likeness (QED) is 0.760. The number of hydrogen-bond acceptors (Lipinski definition) is 4. The number of benzene rings is 1. The molecule has 4 nitrogen and oxygen atoms in total. The number of hydrogen-bond donors (Lipinski definition) is 1. The molecule has 0 aliphatic rings. The van der Waals surface area contributed by atoms with Gasteiger partial charge < -0.3 is 14.5 Å². The first kappa shape index (κ1) is 15.7. The van der Waals surface area contributed by atoms with Crippen molar-refractivity contribution < 1.29 is 13.5 Å². The van der Waals surface area contributed by atoms with Crippen molar-refractivity contribution in [3.05, 3.63) is 41.7 Å². The van der Waals surface area contributed by atoms with Crippen molar-refractivity contribution in [3.63, 3.8) is 0 Å². The average molecular weight is 292 g/mol. The number of oxazole rings is 1. The summed E-state index contributed by atoms with van der Waals surface area (Å²) in [5.41, 5.74) is 1.73. The Hall–Kier alpha value is -1.72. The van der Waals surface area contributed by atoms with E-state index in [1.807, 2.05) is 6.92 Å². The second kappa shape index (κ2) is 7.90. The fraction of sp³-hybridized carbons (Fsp3) is 0.438. The highest BCUT2D eigenvalue weighted by Gasteiger charge is 2.09. The van der Waals surface area contributed by atoms with Crippen LogP contribution in [0.25, 0.3) is 11.3 Å². The van der Waals surface area contributed by atoms with Crippen LogP contribution < -0.4 is 5.32 Å². The van der Waals surface area contributed by atoms with E-state index < -0.39 is 0 Å². The molecule has 0 saturated carbocycles. The Balaban J connectivity index is 1.86. The molecule has 0 fully saturated rings. The normalized spacial score (nSPS) is 11.0. The molecule has 1 aromatic heterocycles. The molecule has 0 aliphatic heterocycles. The van der Waals surface area contributed by atoms with Crippen LogP contribution in [0.2, 0.25) is 0 Å². The fourth-order valence-corrected chi connectivity index (χ4v) is 2.12. The molecular weight excluding hydrogens is 271 g/mol. The minimum Gasteiger partial charge on any atom is -0.441 e. The van der Waals surface area contributed by atoms with E-state index in [4.69, 9.17) is 9.15 Å². The molecule has 0 aliphatic carbocycles. The van der Waals surface area contributed by atoms with Gasteiger partial charge in [0.05, 0.1) is 12.8 Å². The number of aryl methyl sites for hydroxylation is 2. The van der Waals surface area contributed by atoms with Gasteiger partial charge >= 0.3 is 0 Å². The predicted molar refractivity (Wildman–Crippen MR) is 79.7 cm³/mol. The van der Waals surface area contributed by atoms with E-state index in [9.17, 15) is 4.39 Å². The molecule has 2 aromatic rings. The van der Waals surface area contributed by atoms with E-state index in [0.29, 0.717) is 18.3 Å². The molecule has 5 heteroatoms. The van der Waals surface area contributed by atoms with E-state index >= 15 is 0 Å². The maximum Gasteiger partial charge on any atom is 0.194 e. The van der Waals surface area contributed by atoms with Crippen LogP contribution in [-0.4, -0.2) is 31.8 Å². The third kappa shape index (κ3) is 4.65. The van der Waals surface area contributed by atoms with Gasteiger partial charge in [0.15, 0.2) is 11.7 Å².